The molecule has 0 spiro atoms. The SMILES string of the molecule is CCC(C)NC(=O)CCNC(=O)CNC(C)C. The summed E-state index contributed by atoms with van der Waals surface area (Å²) >= 11 is 0. The average Bonchev–Trinajstić information content (AvgIpc) is 2.26. The first-order valence-corrected chi connectivity index (χ1v) is 6.25. The molecule has 0 saturated carbocycles. The second-order valence-corrected chi connectivity index (χ2v) is 4.51. The van der Waals surface area contributed by atoms with Crippen LogP contribution >= 0.6 is 0 Å². The molecule has 5 nitrogen and oxygen atoms in total. The summed E-state index contributed by atoms with van der Waals surface area (Å²) in [5.74, 6) is -0.0912. The van der Waals surface area contributed by atoms with Gasteiger partial charge in [0, 0.05) is 25.0 Å². The lowest BCUT2D eigenvalue weighted by molar-refractivity contribution is -0.122. The molecule has 5 heteroatoms. The van der Waals surface area contributed by atoms with E-state index in [1.807, 2.05) is 27.7 Å². The Labute approximate surface area is 104 Å². The molecule has 0 radical (unpaired) electrons. The maximum atomic E-state index is 11.4. The van der Waals surface area contributed by atoms with Crippen molar-refractivity contribution < 1.29 is 9.59 Å². The summed E-state index contributed by atoms with van der Waals surface area (Å²) in [4.78, 5) is 22.7. The van der Waals surface area contributed by atoms with Gasteiger partial charge in [-0.2, -0.15) is 0 Å². The van der Waals surface area contributed by atoms with Crippen LogP contribution in [0.3, 0.4) is 0 Å². The van der Waals surface area contributed by atoms with E-state index in [4.69, 9.17) is 0 Å². The predicted octanol–water partition coefficient (Wildman–Crippen LogP) is 0.405. The first-order valence-electron chi connectivity index (χ1n) is 6.25. The second kappa shape index (κ2) is 8.98. The Morgan fingerprint density at radius 3 is 2.29 bits per heavy atom. The van der Waals surface area contributed by atoms with Crippen LogP contribution in [0, 0.1) is 0 Å². The van der Waals surface area contributed by atoms with Crippen molar-refractivity contribution in [1.29, 1.82) is 0 Å². The smallest absolute Gasteiger partial charge is 0.233 e. The molecule has 0 aromatic carbocycles. The van der Waals surface area contributed by atoms with E-state index in [0.717, 1.165) is 6.42 Å². The Balaban J connectivity index is 3.55. The molecule has 0 fully saturated rings. The van der Waals surface area contributed by atoms with E-state index in [0.29, 0.717) is 19.5 Å². The minimum atomic E-state index is -0.0740. The van der Waals surface area contributed by atoms with Crippen molar-refractivity contribution in [3.05, 3.63) is 0 Å². The zero-order chi connectivity index (χ0) is 13.3. The van der Waals surface area contributed by atoms with Crippen LogP contribution in [0.5, 0.6) is 0 Å². The van der Waals surface area contributed by atoms with Gasteiger partial charge in [0.1, 0.15) is 0 Å². The minimum absolute atomic E-state index is 0.0172. The van der Waals surface area contributed by atoms with Crippen molar-refractivity contribution in [2.24, 2.45) is 0 Å². The van der Waals surface area contributed by atoms with E-state index in [1.54, 1.807) is 0 Å². The first-order chi connectivity index (χ1) is 7.95. The molecule has 2 amide bonds. The normalized spacial score (nSPS) is 12.3. The lowest BCUT2D eigenvalue weighted by Gasteiger charge is -2.12. The van der Waals surface area contributed by atoms with Gasteiger partial charge in [-0.3, -0.25) is 9.59 Å². The molecule has 0 heterocycles. The largest absolute Gasteiger partial charge is 0.354 e. The second-order valence-electron chi connectivity index (χ2n) is 4.51. The van der Waals surface area contributed by atoms with E-state index < -0.39 is 0 Å². The maximum absolute atomic E-state index is 11.4. The highest BCUT2D eigenvalue weighted by atomic mass is 16.2. The maximum Gasteiger partial charge on any atom is 0.233 e. The third-order valence-electron chi connectivity index (χ3n) is 2.36. The quantitative estimate of drug-likeness (QED) is 0.578. The summed E-state index contributed by atoms with van der Waals surface area (Å²) in [5.41, 5.74) is 0. The molecule has 0 aliphatic carbocycles. The van der Waals surface area contributed by atoms with Crippen LogP contribution in [-0.2, 0) is 9.59 Å². The number of hydrogen-bond acceptors (Lipinski definition) is 3. The van der Waals surface area contributed by atoms with Crippen molar-refractivity contribution >= 4 is 11.8 Å². The highest BCUT2D eigenvalue weighted by Crippen LogP contribution is 1.89. The molecular formula is C12H25N3O2. The van der Waals surface area contributed by atoms with Gasteiger partial charge < -0.3 is 16.0 Å². The summed E-state index contributed by atoms with van der Waals surface area (Å²) in [6, 6.07) is 0.482. The highest BCUT2D eigenvalue weighted by molar-refractivity contribution is 5.80. The fourth-order valence-corrected chi connectivity index (χ4v) is 1.12. The van der Waals surface area contributed by atoms with E-state index in [1.165, 1.54) is 0 Å². The van der Waals surface area contributed by atoms with Crippen molar-refractivity contribution in [2.45, 2.75) is 52.6 Å². The summed E-state index contributed by atoms with van der Waals surface area (Å²) in [5, 5.41) is 8.56. The number of rotatable bonds is 8. The molecule has 0 rings (SSSR count). The van der Waals surface area contributed by atoms with E-state index >= 15 is 0 Å². The van der Waals surface area contributed by atoms with Crippen molar-refractivity contribution in [3.8, 4) is 0 Å². The van der Waals surface area contributed by atoms with Crippen LogP contribution in [0.25, 0.3) is 0 Å². The molecule has 0 aromatic rings. The summed E-state index contributed by atoms with van der Waals surface area (Å²) in [6.45, 7) is 8.62. The Kier molecular flexibility index (Phi) is 8.40. The summed E-state index contributed by atoms with van der Waals surface area (Å²) < 4.78 is 0. The molecule has 0 aliphatic heterocycles. The van der Waals surface area contributed by atoms with Gasteiger partial charge in [0.25, 0.3) is 0 Å². The van der Waals surface area contributed by atoms with Gasteiger partial charge in [-0.15, -0.1) is 0 Å². The zero-order valence-corrected chi connectivity index (χ0v) is 11.3. The van der Waals surface area contributed by atoms with Crippen LogP contribution < -0.4 is 16.0 Å². The molecule has 1 unspecified atom stereocenters. The molecular weight excluding hydrogens is 218 g/mol. The molecule has 0 bridgehead atoms. The molecule has 100 valence electrons. The van der Waals surface area contributed by atoms with E-state index in [2.05, 4.69) is 16.0 Å². The minimum Gasteiger partial charge on any atom is -0.354 e. The van der Waals surface area contributed by atoms with Gasteiger partial charge in [-0.1, -0.05) is 20.8 Å². The molecule has 0 aliphatic rings. The van der Waals surface area contributed by atoms with Crippen molar-refractivity contribution in [2.75, 3.05) is 13.1 Å². The highest BCUT2D eigenvalue weighted by Gasteiger charge is 2.06. The Bertz CT molecular complexity index is 242. The van der Waals surface area contributed by atoms with E-state index in [9.17, 15) is 9.59 Å². The third kappa shape index (κ3) is 9.81. The molecule has 1 atom stereocenters. The molecule has 0 saturated heterocycles. The summed E-state index contributed by atoms with van der Waals surface area (Å²) in [6.07, 6.45) is 1.24. The van der Waals surface area contributed by atoms with Gasteiger partial charge in [0.2, 0.25) is 11.8 Å². The van der Waals surface area contributed by atoms with Crippen LogP contribution in [0.1, 0.15) is 40.5 Å². The standard InChI is InChI=1S/C12H25N3O2/c1-5-10(4)15-11(16)6-7-13-12(17)8-14-9(2)3/h9-10,14H,5-8H2,1-4H3,(H,13,17)(H,15,16). The fraction of sp³-hybridized carbons (Fsp3) is 0.833. The number of nitrogens with one attached hydrogen (secondary N) is 3. The number of carbonyl (C=O) groups excluding carboxylic acids is 2. The van der Waals surface area contributed by atoms with Crippen molar-refractivity contribution in [1.82, 2.24) is 16.0 Å². The van der Waals surface area contributed by atoms with Crippen LogP contribution in [0.15, 0.2) is 0 Å². The molecule has 17 heavy (non-hydrogen) atoms. The Morgan fingerprint density at radius 2 is 1.76 bits per heavy atom. The monoisotopic (exact) mass is 243 g/mol. The van der Waals surface area contributed by atoms with Crippen LogP contribution in [0.4, 0.5) is 0 Å². The number of carbonyl (C=O) groups is 2. The van der Waals surface area contributed by atoms with Gasteiger partial charge in [-0.25, -0.2) is 0 Å². The van der Waals surface area contributed by atoms with Crippen LogP contribution in [-0.4, -0.2) is 37.0 Å². The molecule has 0 aromatic heterocycles. The van der Waals surface area contributed by atoms with E-state index in [-0.39, 0.29) is 23.9 Å². The lowest BCUT2D eigenvalue weighted by Crippen LogP contribution is -2.39. The van der Waals surface area contributed by atoms with Gasteiger partial charge in [0.15, 0.2) is 0 Å². The third-order valence-corrected chi connectivity index (χ3v) is 2.36. The number of amides is 2. The molecule has 3 N–H and O–H groups in total. The van der Waals surface area contributed by atoms with Crippen molar-refractivity contribution in [3.63, 3.8) is 0 Å². The lowest BCUT2D eigenvalue weighted by atomic mass is 10.2. The average molecular weight is 243 g/mol. The van der Waals surface area contributed by atoms with Gasteiger partial charge in [0.05, 0.1) is 6.54 Å². The summed E-state index contributed by atoms with van der Waals surface area (Å²) in [7, 11) is 0. The Morgan fingerprint density at radius 1 is 1.12 bits per heavy atom. The topological polar surface area (TPSA) is 70.2 Å². The number of hydrogen-bond donors (Lipinski definition) is 3. The van der Waals surface area contributed by atoms with Gasteiger partial charge >= 0.3 is 0 Å². The van der Waals surface area contributed by atoms with Gasteiger partial charge in [-0.05, 0) is 13.3 Å². The zero-order valence-electron chi connectivity index (χ0n) is 11.3. The predicted molar refractivity (Wildman–Crippen MR) is 68.7 cm³/mol. The fourth-order valence-electron chi connectivity index (χ4n) is 1.12. The Hall–Kier alpha value is -1.10. The first kappa shape index (κ1) is 15.9. The van der Waals surface area contributed by atoms with Crippen LogP contribution in [0.2, 0.25) is 0 Å².